The SMILES string of the molecule is COc1ccc(OC)c(CCC(=O)C2C(=O)OC(CC(C)C)C2=O)c1. The minimum absolute atomic E-state index is 0.0590. The van der Waals surface area contributed by atoms with E-state index in [4.69, 9.17) is 14.2 Å². The van der Waals surface area contributed by atoms with Crippen molar-refractivity contribution in [3.63, 3.8) is 0 Å². The largest absolute Gasteiger partial charge is 0.497 e. The van der Waals surface area contributed by atoms with Gasteiger partial charge in [0.05, 0.1) is 14.2 Å². The lowest BCUT2D eigenvalue weighted by atomic mass is 9.91. The zero-order valence-corrected chi connectivity index (χ0v) is 15.0. The zero-order valence-electron chi connectivity index (χ0n) is 15.0. The predicted octanol–water partition coefficient (Wildman–Crippen LogP) is 2.36. The Bertz CT molecular complexity index is 664. The second-order valence-corrected chi connectivity index (χ2v) is 6.53. The lowest BCUT2D eigenvalue weighted by Gasteiger charge is -2.11. The van der Waals surface area contributed by atoms with Crippen LogP contribution in [0.25, 0.3) is 0 Å². The van der Waals surface area contributed by atoms with Crippen LogP contribution in [0.5, 0.6) is 11.5 Å². The molecule has 0 aromatic heterocycles. The van der Waals surface area contributed by atoms with E-state index in [0.717, 1.165) is 5.56 Å². The van der Waals surface area contributed by atoms with Gasteiger partial charge in [-0.25, -0.2) is 0 Å². The highest BCUT2D eigenvalue weighted by atomic mass is 16.6. The van der Waals surface area contributed by atoms with Crippen LogP contribution >= 0.6 is 0 Å². The molecule has 6 heteroatoms. The molecule has 1 heterocycles. The average Bonchev–Trinajstić information content (AvgIpc) is 2.85. The third-order valence-corrected chi connectivity index (χ3v) is 4.23. The van der Waals surface area contributed by atoms with Gasteiger partial charge in [-0.1, -0.05) is 13.8 Å². The molecule has 0 spiro atoms. The number of aryl methyl sites for hydroxylation is 1. The average molecular weight is 348 g/mol. The lowest BCUT2D eigenvalue weighted by Crippen LogP contribution is -2.28. The molecular weight excluding hydrogens is 324 g/mol. The molecule has 2 unspecified atom stereocenters. The third kappa shape index (κ3) is 4.38. The maximum Gasteiger partial charge on any atom is 0.325 e. The van der Waals surface area contributed by atoms with Crippen LogP contribution < -0.4 is 9.47 Å². The van der Waals surface area contributed by atoms with Crippen molar-refractivity contribution in [1.29, 1.82) is 0 Å². The Labute approximate surface area is 147 Å². The molecule has 1 aliphatic rings. The van der Waals surface area contributed by atoms with Crippen molar-refractivity contribution in [2.24, 2.45) is 11.8 Å². The molecule has 0 bridgehead atoms. The number of carbonyl (C=O) groups is 3. The Morgan fingerprint density at radius 3 is 2.52 bits per heavy atom. The summed E-state index contributed by atoms with van der Waals surface area (Å²) in [6.45, 7) is 3.87. The number of ketones is 2. The molecule has 1 aromatic carbocycles. The number of Topliss-reactive ketones (excluding diaryl/α,β-unsaturated/α-hetero) is 2. The van der Waals surface area contributed by atoms with Gasteiger partial charge in [-0.3, -0.25) is 14.4 Å². The zero-order chi connectivity index (χ0) is 18.6. The minimum atomic E-state index is -1.29. The van der Waals surface area contributed by atoms with E-state index in [1.54, 1.807) is 32.4 Å². The Morgan fingerprint density at radius 2 is 1.92 bits per heavy atom. The molecule has 1 aromatic rings. The Hall–Kier alpha value is -2.37. The van der Waals surface area contributed by atoms with E-state index in [9.17, 15) is 14.4 Å². The van der Waals surface area contributed by atoms with Gasteiger partial charge in [-0.2, -0.15) is 0 Å². The summed E-state index contributed by atoms with van der Waals surface area (Å²) >= 11 is 0. The Morgan fingerprint density at radius 1 is 1.20 bits per heavy atom. The van der Waals surface area contributed by atoms with Gasteiger partial charge in [0.2, 0.25) is 0 Å². The van der Waals surface area contributed by atoms with Crippen LogP contribution in [0, 0.1) is 11.8 Å². The van der Waals surface area contributed by atoms with Gasteiger partial charge < -0.3 is 14.2 Å². The summed E-state index contributed by atoms with van der Waals surface area (Å²) in [5.41, 5.74) is 0.785. The number of methoxy groups -OCH3 is 2. The molecule has 25 heavy (non-hydrogen) atoms. The van der Waals surface area contributed by atoms with Gasteiger partial charge in [0, 0.05) is 6.42 Å². The quantitative estimate of drug-likeness (QED) is 0.530. The van der Waals surface area contributed by atoms with Crippen molar-refractivity contribution < 1.29 is 28.6 Å². The summed E-state index contributed by atoms with van der Waals surface area (Å²) in [7, 11) is 3.10. The number of carbonyl (C=O) groups excluding carboxylic acids is 3. The molecule has 0 radical (unpaired) electrons. The van der Waals surface area contributed by atoms with Gasteiger partial charge in [0.1, 0.15) is 11.5 Å². The minimum Gasteiger partial charge on any atom is -0.497 e. The Kier molecular flexibility index (Phi) is 6.17. The molecular formula is C19H24O6. The van der Waals surface area contributed by atoms with E-state index in [-0.39, 0.29) is 12.3 Å². The van der Waals surface area contributed by atoms with E-state index >= 15 is 0 Å². The number of rotatable bonds is 8. The first-order valence-corrected chi connectivity index (χ1v) is 8.35. The smallest absolute Gasteiger partial charge is 0.325 e. The van der Waals surface area contributed by atoms with Crippen LogP contribution in [0.2, 0.25) is 0 Å². The normalized spacial score (nSPS) is 19.9. The first-order chi connectivity index (χ1) is 11.9. The van der Waals surface area contributed by atoms with E-state index in [1.807, 2.05) is 13.8 Å². The molecule has 1 fully saturated rings. The van der Waals surface area contributed by atoms with Crippen LogP contribution in [0.3, 0.4) is 0 Å². The van der Waals surface area contributed by atoms with Crippen LogP contribution in [-0.4, -0.2) is 37.9 Å². The molecule has 0 aliphatic carbocycles. The molecule has 136 valence electrons. The number of ether oxygens (including phenoxy) is 3. The highest BCUT2D eigenvalue weighted by molar-refractivity contribution is 6.21. The topological polar surface area (TPSA) is 78.9 Å². The summed E-state index contributed by atoms with van der Waals surface area (Å²) in [6, 6.07) is 5.30. The molecule has 1 aliphatic heterocycles. The molecule has 1 saturated heterocycles. The first kappa shape index (κ1) is 19.0. The molecule has 0 amide bonds. The molecule has 0 N–H and O–H groups in total. The Balaban J connectivity index is 2.05. The molecule has 2 rings (SSSR count). The third-order valence-electron chi connectivity index (χ3n) is 4.23. The fraction of sp³-hybridized carbons (Fsp3) is 0.526. The maximum absolute atomic E-state index is 12.4. The van der Waals surface area contributed by atoms with Crippen molar-refractivity contribution in [2.45, 2.75) is 39.2 Å². The summed E-state index contributed by atoms with van der Waals surface area (Å²) in [5, 5.41) is 0. The van der Waals surface area contributed by atoms with Crippen molar-refractivity contribution in [1.82, 2.24) is 0 Å². The van der Waals surface area contributed by atoms with Crippen LogP contribution in [0.1, 0.15) is 32.3 Å². The van der Waals surface area contributed by atoms with Crippen molar-refractivity contribution >= 4 is 17.5 Å². The van der Waals surface area contributed by atoms with E-state index in [1.165, 1.54) is 0 Å². The predicted molar refractivity (Wildman–Crippen MR) is 90.7 cm³/mol. The number of hydrogen-bond acceptors (Lipinski definition) is 6. The van der Waals surface area contributed by atoms with E-state index in [0.29, 0.717) is 24.3 Å². The van der Waals surface area contributed by atoms with Crippen molar-refractivity contribution in [2.75, 3.05) is 14.2 Å². The summed E-state index contributed by atoms with van der Waals surface area (Å²) in [6.07, 6.45) is 0.0554. The highest BCUT2D eigenvalue weighted by Crippen LogP contribution is 2.28. The van der Waals surface area contributed by atoms with Crippen molar-refractivity contribution in [3.05, 3.63) is 23.8 Å². The molecule has 0 saturated carbocycles. The van der Waals surface area contributed by atoms with Crippen molar-refractivity contribution in [3.8, 4) is 11.5 Å². The monoisotopic (exact) mass is 348 g/mol. The van der Waals surface area contributed by atoms with Crippen LogP contribution in [0.4, 0.5) is 0 Å². The second-order valence-electron chi connectivity index (χ2n) is 6.53. The van der Waals surface area contributed by atoms with Gasteiger partial charge >= 0.3 is 5.97 Å². The summed E-state index contributed by atoms with van der Waals surface area (Å²) in [4.78, 5) is 36.7. The summed E-state index contributed by atoms with van der Waals surface area (Å²) < 4.78 is 15.6. The van der Waals surface area contributed by atoms with Crippen LogP contribution in [0.15, 0.2) is 18.2 Å². The first-order valence-electron chi connectivity index (χ1n) is 8.35. The van der Waals surface area contributed by atoms with Gasteiger partial charge in [-0.15, -0.1) is 0 Å². The fourth-order valence-corrected chi connectivity index (χ4v) is 2.93. The number of cyclic esters (lactones) is 1. The van der Waals surface area contributed by atoms with Crippen LogP contribution in [-0.2, 0) is 25.5 Å². The second kappa shape index (κ2) is 8.14. The van der Waals surface area contributed by atoms with Gasteiger partial charge in [-0.05, 0) is 42.5 Å². The summed E-state index contributed by atoms with van der Waals surface area (Å²) in [5.74, 6) is -1.36. The van der Waals surface area contributed by atoms with Gasteiger partial charge in [0.15, 0.2) is 23.6 Å². The fourth-order valence-electron chi connectivity index (χ4n) is 2.93. The molecule has 2 atom stereocenters. The maximum atomic E-state index is 12.4. The highest BCUT2D eigenvalue weighted by Gasteiger charge is 2.47. The number of benzene rings is 1. The standard InChI is InChI=1S/C19H24O6/c1-11(2)9-16-18(21)17(19(22)25-16)14(20)7-5-12-10-13(23-3)6-8-15(12)24-4/h6,8,10-11,16-17H,5,7,9H2,1-4H3. The lowest BCUT2D eigenvalue weighted by molar-refractivity contribution is -0.147. The molecule has 6 nitrogen and oxygen atoms in total. The van der Waals surface area contributed by atoms with Gasteiger partial charge in [0.25, 0.3) is 0 Å². The van der Waals surface area contributed by atoms with E-state index < -0.39 is 29.6 Å². The van der Waals surface area contributed by atoms with E-state index in [2.05, 4.69) is 0 Å². The number of hydrogen-bond donors (Lipinski definition) is 0. The number of esters is 1.